The molecular formula is C18H17Cl3IN3OS. The zero-order valence-corrected chi connectivity index (χ0v) is 19.7. The van der Waals surface area contributed by atoms with Crippen LogP contribution in [0.2, 0.25) is 0 Å². The number of carbonyl (C=O) groups is 1. The lowest BCUT2D eigenvalue weighted by atomic mass is 10.1. The van der Waals surface area contributed by atoms with Crippen molar-refractivity contribution in [1.29, 1.82) is 0 Å². The maximum absolute atomic E-state index is 12.5. The van der Waals surface area contributed by atoms with Gasteiger partial charge in [0.15, 0.2) is 5.11 Å². The van der Waals surface area contributed by atoms with Crippen molar-refractivity contribution in [3.8, 4) is 0 Å². The fraction of sp³-hybridized carbons (Fsp3) is 0.222. The van der Waals surface area contributed by atoms with Crippen molar-refractivity contribution in [2.24, 2.45) is 0 Å². The van der Waals surface area contributed by atoms with Gasteiger partial charge in [-0.2, -0.15) is 0 Å². The molecular weight excluding hydrogens is 540 g/mol. The molecule has 1 atom stereocenters. The van der Waals surface area contributed by atoms with E-state index in [9.17, 15) is 4.79 Å². The molecule has 0 spiro atoms. The zero-order valence-electron chi connectivity index (χ0n) is 14.4. The van der Waals surface area contributed by atoms with Crippen LogP contribution in [0, 0.1) is 17.4 Å². The smallest absolute Gasteiger partial charge is 0.252 e. The van der Waals surface area contributed by atoms with Gasteiger partial charge < -0.3 is 16.0 Å². The Morgan fingerprint density at radius 2 is 1.70 bits per heavy atom. The fourth-order valence-electron chi connectivity index (χ4n) is 2.18. The Balaban J connectivity index is 2.10. The number of halogens is 4. The van der Waals surface area contributed by atoms with Gasteiger partial charge in [-0.05, 0) is 90.1 Å². The Kier molecular flexibility index (Phi) is 8.00. The number of hydrogen-bond donors (Lipinski definition) is 3. The van der Waals surface area contributed by atoms with E-state index in [1.54, 1.807) is 12.1 Å². The minimum Gasteiger partial charge on any atom is -0.339 e. The van der Waals surface area contributed by atoms with Gasteiger partial charge >= 0.3 is 0 Å². The third-order valence-corrected chi connectivity index (χ3v) is 5.22. The lowest BCUT2D eigenvalue weighted by Crippen LogP contribution is -2.56. The summed E-state index contributed by atoms with van der Waals surface area (Å²) in [6.45, 7) is 3.93. The van der Waals surface area contributed by atoms with E-state index < -0.39 is 9.96 Å². The average molecular weight is 557 g/mol. The molecule has 2 rings (SSSR count). The SMILES string of the molecule is Cc1ccc(C)c(NC(=S)NC(NC(=O)c2ccc(I)cc2)C(Cl)(Cl)Cl)c1. The molecule has 0 fully saturated rings. The van der Waals surface area contributed by atoms with Crippen LogP contribution in [0.5, 0.6) is 0 Å². The summed E-state index contributed by atoms with van der Waals surface area (Å²) in [5, 5.41) is 8.81. The van der Waals surface area contributed by atoms with Gasteiger partial charge in [-0.1, -0.05) is 46.9 Å². The van der Waals surface area contributed by atoms with E-state index in [0.29, 0.717) is 5.56 Å². The first-order chi connectivity index (χ1) is 12.6. The van der Waals surface area contributed by atoms with Gasteiger partial charge in [-0.25, -0.2) is 0 Å². The standard InChI is InChI=1S/C18H17Cl3IN3OS/c1-10-3-4-11(2)14(9-10)23-17(27)25-16(18(19,20)21)24-15(26)12-5-7-13(22)8-6-12/h3-9,16H,1-2H3,(H,24,26)(H2,23,25,27). The Hall–Kier alpha value is -0.800. The summed E-state index contributed by atoms with van der Waals surface area (Å²) in [6.07, 6.45) is -1.03. The average Bonchev–Trinajstić information content (AvgIpc) is 2.57. The predicted molar refractivity (Wildman–Crippen MR) is 126 cm³/mol. The Morgan fingerprint density at radius 3 is 2.30 bits per heavy atom. The van der Waals surface area contributed by atoms with E-state index in [4.69, 9.17) is 47.0 Å². The molecule has 27 heavy (non-hydrogen) atoms. The molecule has 2 aromatic rings. The number of rotatable bonds is 4. The van der Waals surface area contributed by atoms with Gasteiger partial charge in [0.1, 0.15) is 6.17 Å². The molecule has 0 heterocycles. The highest BCUT2D eigenvalue weighted by molar-refractivity contribution is 14.1. The van der Waals surface area contributed by atoms with Crippen molar-refractivity contribution in [2.75, 3.05) is 5.32 Å². The van der Waals surface area contributed by atoms with Crippen LogP contribution in [0.25, 0.3) is 0 Å². The van der Waals surface area contributed by atoms with Crippen molar-refractivity contribution in [1.82, 2.24) is 10.6 Å². The second kappa shape index (κ2) is 9.60. The Labute approximate surface area is 192 Å². The van der Waals surface area contributed by atoms with Gasteiger partial charge in [0.25, 0.3) is 5.91 Å². The minimum absolute atomic E-state index is 0.225. The van der Waals surface area contributed by atoms with E-state index in [1.807, 2.05) is 44.2 Å². The number of carbonyl (C=O) groups excluding carboxylic acids is 1. The lowest BCUT2D eigenvalue weighted by Gasteiger charge is -2.28. The molecule has 0 saturated heterocycles. The van der Waals surface area contributed by atoms with Crippen molar-refractivity contribution in [3.05, 3.63) is 62.7 Å². The fourth-order valence-corrected chi connectivity index (χ4v) is 3.09. The van der Waals surface area contributed by atoms with Gasteiger partial charge in [0.05, 0.1) is 0 Å². The third kappa shape index (κ3) is 6.94. The maximum atomic E-state index is 12.5. The summed E-state index contributed by atoms with van der Waals surface area (Å²) < 4.78 is -0.800. The molecule has 144 valence electrons. The molecule has 1 unspecified atom stereocenters. The summed E-state index contributed by atoms with van der Waals surface area (Å²) in [5.41, 5.74) is 3.37. The van der Waals surface area contributed by atoms with E-state index in [-0.39, 0.29) is 11.0 Å². The second-order valence-corrected chi connectivity index (χ2v) is 9.89. The molecule has 1 amide bonds. The Morgan fingerprint density at radius 1 is 1.07 bits per heavy atom. The maximum Gasteiger partial charge on any atom is 0.252 e. The molecule has 0 aliphatic rings. The summed E-state index contributed by atoms with van der Waals surface area (Å²) in [4.78, 5) is 12.5. The summed E-state index contributed by atoms with van der Waals surface area (Å²) in [7, 11) is 0. The van der Waals surface area contributed by atoms with Crippen LogP contribution in [-0.4, -0.2) is 21.0 Å². The van der Waals surface area contributed by atoms with Crippen LogP contribution in [0.1, 0.15) is 21.5 Å². The monoisotopic (exact) mass is 555 g/mol. The van der Waals surface area contributed by atoms with Crippen LogP contribution in [0.3, 0.4) is 0 Å². The number of nitrogens with one attached hydrogen (secondary N) is 3. The molecule has 0 radical (unpaired) electrons. The van der Waals surface area contributed by atoms with Crippen molar-refractivity contribution in [2.45, 2.75) is 23.8 Å². The number of hydrogen-bond acceptors (Lipinski definition) is 2. The number of amides is 1. The Bertz CT molecular complexity index is 841. The molecule has 4 nitrogen and oxygen atoms in total. The summed E-state index contributed by atoms with van der Waals surface area (Å²) >= 11 is 25.6. The van der Waals surface area contributed by atoms with Gasteiger partial charge in [-0.3, -0.25) is 4.79 Å². The van der Waals surface area contributed by atoms with Crippen molar-refractivity contribution >= 4 is 86.3 Å². The summed E-state index contributed by atoms with van der Waals surface area (Å²) in [6, 6.07) is 13.0. The van der Waals surface area contributed by atoms with Crippen molar-refractivity contribution < 1.29 is 4.79 Å². The molecule has 0 bridgehead atoms. The first-order valence-electron chi connectivity index (χ1n) is 7.84. The van der Waals surface area contributed by atoms with E-state index >= 15 is 0 Å². The van der Waals surface area contributed by atoms with Crippen LogP contribution < -0.4 is 16.0 Å². The number of anilines is 1. The molecule has 0 aliphatic heterocycles. The highest BCUT2D eigenvalue weighted by Gasteiger charge is 2.35. The molecule has 0 aromatic heterocycles. The normalized spacial score (nSPS) is 12.2. The van der Waals surface area contributed by atoms with E-state index in [1.165, 1.54) is 0 Å². The quantitative estimate of drug-likeness (QED) is 0.207. The van der Waals surface area contributed by atoms with Crippen LogP contribution in [0.15, 0.2) is 42.5 Å². The predicted octanol–water partition coefficient (Wildman–Crippen LogP) is 5.32. The first-order valence-corrected chi connectivity index (χ1v) is 10.5. The van der Waals surface area contributed by atoms with Gasteiger partial charge in [-0.15, -0.1) is 0 Å². The van der Waals surface area contributed by atoms with Crippen LogP contribution in [0.4, 0.5) is 5.69 Å². The van der Waals surface area contributed by atoms with Gasteiger partial charge in [0.2, 0.25) is 3.79 Å². The second-order valence-electron chi connectivity index (χ2n) is 5.87. The zero-order chi connectivity index (χ0) is 20.2. The molecule has 9 heteroatoms. The molecule has 3 N–H and O–H groups in total. The number of alkyl halides is 3. The van der Waals surface area contributed by atoms with Gasteiger partial charge in [0, 0.05) is 14.8 Å². The summed E-state index contributed by atoms with van der Waals surface area (Å²) in [5.74, 6) is -0.384. The van der Waals surface area contributed by atoms with E-state index in [0.717, 1.165) is 20.4 Å². The third-order valence-electron chi connectivity index (χ3n) is 3.63. The highest BCUT2D eigenvalue weighted by Crippen LogP contribution is 2.29. The minimum atomic E-state index is -1.81. The molecule has 0 aliphatic carbocycles. The molecule has 2 aromatic carbocycles. The highest BCUT2D eigenvalue weighted by atomic mass is 127. The van der Waals surface area contributed by atoms with E-state index in [2.05, 4.69) is 38.5 Å². The molecule has 0 saturated carbocycles. The number of aryl methyl sites for hydroxylation is 2. The largest absolute Gasteiger partial charge is 0.339 e. The first kappa shape index (κ1) is 22.5. The van der Waals surface area contributed by atoms with Crippen LogP contribution in [-0.2, 0) is 0 Å². The van der Waals surface area contributed by atoms with Crippen molar-refractivity contribution in [3.63, 3.8) is 0 Å². The number of thiocarbonyl (C=S) groups is 1. The lowest BCUT2D eigenvalue weighted by molar-refractivity contribution is 0.0934. The topological polar surface area (TPSA) is 53.2 Å². The van der Waals surface area contributed by atoms with Crippen LogP contribution >= 0.6 is 69.6 Å². The number of benzene rings is 2.